The highest BCUT2D eigenvalue weighted by molar-refractivity contribution is 6.16. The van der Waals surface area contributed by atoms with E-state index in [-0.39, 0.29) is 6.61 Å². The number of hydrogen-bond donors (Lipinski definition) is 0. The number of benzene rings is 1. The fourth-order valence-electron chi connectivity index (χ4n) is 3.29. The predicted molar refractivity (Wildman–Crippen MR) is 108 cm³/mol. The molecule has 1 aromatic carbocycles. The van der Waals surface area contributed by atoms with Crippen molar-refractivity contribution in [2.45, 2.75) is 25.9 Å². The minimum atomic E-state index is -0.459. The summed E-state index contributed by atoms with van der Waals surface area (Å²) in [6.07, 6.45) is 5.06. The van der Waals surface area contributed by atoms with E-state index in [1.54, 1.807) is 0 Å². The largest absolute Gasteiger partial charge is 0.503 e. The van der Waals surface area contributed by atoms with Crippen LogP contribution in [-0.4, -0.2) is 38.3 Å². The van der Waals surface area contributed by atoms with Gasteiger partial charge in [0.2, 0.25) is 5.88 Å². The monoisotopic (exact) mass is 382 g/mol. The molecule has 0 radical (unpaired) electrons. The third-order valence-corrected chi connectivity index (χ3v) is 4.71. The molecule has 6 nitrogen and oxygen atoms in total. The van der Waals surface area contributed by atoms with Crippen molar-refractivity contribution < 1.29 is 19.0 Å². The Labute approximate surface area is 165 Å². The van der Waals surface area contributed by atoms with Gasteiger partial charge in [-0.3, -0.25) is 0 Å². The third-order valence-electron chi connectivity index (χ3n) is 4.71. The number of carbonyl (C=O) groups is 1. The molecule has 1 aliphatic heterocycles. The molecule has 1 saturated heterocycles. The molecule has 0 spiro atoms. The quantitative estimate of drug-likeness (QED) is 0.412. The Bertz CT molecular complexity index is 829. The molecule has 0 atom stereocenters. The third kappa shape index (κ3) is 4.82. The first-order valence-corrected chi connectivity index (χ1v) is 9.47. The van der Waals surface area contributed by atoms with E-state index >= 15 is 0 Å². The normalized spacial score (nSPS) is 14.5. The van der Waals surface area contributed by atoms with Crippen LogP contribution in [0.15, 0.2) is 48.7 Å². The van der Waals surface area contributed by atoms with E-state index in [9.17, 15) is 4.79 Å². The van der Waals surface area contributed by atoms with Gasteiger partial charge < -0.3 is 19.1 Å². The van der Waals surface area contributed by atoms with Crippen molar-refractivity contribution in [1.82, 2.24) is 4.98 Å². The number of anilines is 1. The molecule has 1 fully saturated rings. The summed E-state index contributed by atoms with van der Waals surface area (Å²) in [5.74, 6) is 1.05. The number of methoxy groups -OCH3 is 2. The van der Waals surface area contributed by atoms with Crippen molar-refractivity contribution in [3.8, 4) is 5.88 Å². The van der Waals surface area contributed by atoms with E-state index < -0.39 is 5.97 Å². The van der Waals surface area contributed by atoms with Crippen molar-refractivity contribution in [1.29, 1.82) is 0 Å². The van der Waals surface area contributed by atoms with Gasteiger partial charge in [-0.25, -0.2) is 4.79 Å². The second-order valence-electron chi connectivity index (χ2n) is 6.59. The summed E-state index contributed by atoms with van der Waals surface area (Å²) in [5, 5.41) is 0. The summed E-state index contributed by atoms with van der Waals surface area (Å²) in [5.41, 5.74) is 1.91. The molecule has 2 heterocycles. The summed E-state index contributed by atoms with van der Waals surface area (Å²) in [7, 11) is 2.85. The number of piperidine rings is 1. The van der Waals surface area contributed by atoms with Crippen molar-refractivity contribution >= 4 is 17.4 Å². The van der Waals surface area contributed by atoms with Crippen LogP contribution in [0.4, 0.5) is 5.82 Å². The summed E-state index contributed by atoms with van der Waals surface area (Å²) in [4.78, 5) is 19.1. The minimum absolute atomic E-state index is 0.282. The lowest BCUT2D eigenvalue weighted by atomic mass is 10.0. The van der Waals surface area contributed by atoms with Gasteiger partial charge in [0.25, 0.3) is 0 Å². The first kappa shape index (κ1) is 19.7. The van der Waals surface area contributed by atoms with Crippen molar-refractivity contribution in [3.05, 3.63) is 59.9 Å². The average molecular weight is 382 g/mol. The van der Waals surface area contributed by atoms with Crippen molar-refractivity contribution in [3.63, 3.8) is 0 Å². The molecule has 0 bridgehead atoms. The Balaban J connectivity index is 1.76. The molecule has 1 aliphatic rings. The van der Waals surface area contributed by atoms with Gasteiger partial charge in [0, 0.05) is 19.2 Å². The number of carbonyl (C=O) groups excluding carboxylic acids is 1. The second-order valence-corrected chi connectivity index (χ2v) is 6.59. The Morgan fingerprint density at radius 1 is 1.07 bits per heavy atom. The number of rotatable bonds is 7. The average Bonchev–Trinajstić information content (AvgIpc) is 2.76. The maximum Gasteiger partial charge on any atom is 0.341 e. The van der Waals surface area contributed by atoms with Crippen LogP contribution in [0.1, 0.15) is 30.4 Å². The Kier molecular flexibility index (Phi) is 6.89. The van der Waals surface area contributed by atoms with Crippen LogP contribution in [0.5, 0.6) is 5.88 Å². The van der Waals surface area contributed by atoms with Gasteiger partial charge in [-0.05, 0) is 36.5 Å². The number of ether oxygens (including phenoxy) is 3. The van der Waals surface area contributed by atoms with Gasteiger partial charge in [-0.2, -0.15) is 4.98 Å². The molecule has 0 aliphatic carbocycles. The number of nitrogens with zero attached hydrogens (tertiary/aromatic N) is 2. The Morgan fingerprint density at radius 2 is 1.86 bits per heavy atom. The summed E-state index contributed by atoms with van der Waals surface area (Å²) in [6, 6.07) is 13.4. The molecular formula is C22H26N2O4. The van der Waals surface area contributed by atoms with E-state index in [2.05, 4.69) is 9.88 Å². The standard InChI is InChI=1S/C22H26N2O4/c1-26-16-19(22(25)27-2)18-10-5-4-9-17(18)15-28-21-12-8-11-20(23-21)24-13-6-3-7-14-24/h4-5,8-12,16H,3,6-7,13-15H2,1-2H3. The number of aromatic nitrogens is 1. The van der Waals surface area contributed by atoms with Gasteiger partial charge in [-0.15, -0.1) is 0 Å². The van der Waals surface area contributed by atoms with E-state index in [4.69, 9.17) is 14.2 Å². The van der Waals surface area contributed by atoms with E-state index in [1.165, 1.54) is 39.7 Å². The predicted octanol–water partition coefficient (Wildman–Crippen LogP) is 3.81. The molecule has 6 heteroatoms. The van der Waals surface area contributed by atoms with Crippen LogP contribution in [0.3, 0.4) is 0 Å². The van der Waals surface area contributed by atoms with Crippen LogP contribution < -0.4 is 9.64 Å². The number of pyridine rings is 1. The maximum absolute atomic E-state index is 12.1. The van der Waals surface area contributed by atoms with Crippen LogP contribution in [0.25, 0.3) is 5.57 Å². The van der Waals surface area contributed by atoms with E-state index in [0.29, 0.717) is 17.0 Å². The molecule has 148 valence electrons. The highest BCUT2D eigenvalue weighted by Gasteiger charge is 2.17. The molecule has 28 heavy (non-hydrogen) atoms. The molecule has 0 N–H and O–H groups in total. The zero-order valence-corrected chi connectivity index (χ0v) is 16.4. The molecule has 0 amide bonds. The fourth-order valence-corrected chi connectivity index (χ4v) is 3.29. The van der Waals surface area contributed by atoms with Gasteiger partial charge in [0.05, 0.1) is 20.5 Å². The van der Waals surface area contributed by atoms with Crippen LogP contribution in [-0.2, 0) is 20.9 Å². The molecule has 1 aromatic heterocycles. The number of esters is 1. The molecular weight excluding hydrogens is 356 g/mol. The zero-order chi connectivity index (χ0) is 19.8. The lowest BCUT2D eigenvalue weighted by Gasteiger charge is -2.27. The topological polar surface area (TPSA) is 60.9 Å². The maximum atomic E-state index is 12.1. The first-order valence-electron chi connectivity index (χ1n) is 9.47. The lowest BCUT2D eigenvalue weighted by Crippen LogP contribution is -2.30. The minimum Gasteiger partial charge on any atom is -0.503 e. The Hall–Kier alpha value is -3.02. The fraction of sp³-hybridized carbons (Fsp3) is 0.364. The van der Waals surface area contributed by atoms with Crippen LogP contribution in [0.2, 0.25) is 0 Å². The van der Waals surface area contributed by atoms with Gasteiger partial charge in [0.15, 0.2) is 0 Å². The summed E-state index contributed by atoms with van der Waals surface area (Å²) >= 11 is 0. The molecule has 2 aromatic rings. The molecule has 0 saturated carbocycles. The van der Waals surface area contributed by atoms with Crippen molar-refractivity contribution in [2.75, 3.05) is 32.2 Å². The van der Waals surface area contributed by atoms with Gasteiger partial charge in [0.1, 0.15) is 18.0 Å². The summed E-state index contributed by atoms with van der Waals surface area (Å²) < 4.78 is 15.9. The van der Waals surface area contributed by atoms with Crippen LogP contribution >= 0.6 is 0 Å². The van der Waals surface area contributed by atoms with Gasteiger partial charge in [-0.1, -0.05) is 30.3 Å². The van der Waals surface area contributed by atoms with Crippen LogP contribution in [0, 0.1) is 0 Å². The van der Waals surface area contributed by atoms with E-state index in [0.717, 1.165) is 24.5 Å². The zero-order valence-electron chi connectivity index (χ0n) is 16.4. The van der Waals surface area contributed by atoms with Gasteiger partial charge >= 0.3 is 5.97 Å². The molecule has 0 unspecified atom stereocenters. The Morgan fingerprint density at radius 3 is 2.61 bits per heavy atom. The second kappa shape index (κ2) is 9.78. The first-order chi connectivity index (χ1) is 13.7. The molecule has 3 rings (SSSR count). The SMILES string of the molecule is COC=C(C(=O)OC)c1ccccc1COc1cccc(N2CCCCC2)n1. The highest BCUT2D eigenvalue weighted by atomic mass is 16.5. The van der Waals surface area contributed by atoms with E-state index in [1.807, 2.05) is 42.5 Å². The number of hydrogen-bond acceptors (Lipinski definition) is 6. The lowest BCUT2D eigenvalue weighted by molar-refractivity contribution is -0.133. The summed E-state index contributed by atoms with van der Waals surface area (Å²) in [6.45, 7) is 2.35. The van der Waals surface area contributed by atoms with Crippen molar-refractivity contribution in [2.24, 2.45) is 0 Å². The smallest absolute Gasteiger partial charge is 0.341 e. The highest BCUT2D eigenvalue weighted by Crippen LogP contribution is 2.24.